The average Bonchev–Trinajstić information content (AvgIpc) is 2.61. The summed E-state index contributed by atoms with van der Waals surface area (Å²) in [7, 11) is 0. The first kappa shape index (κ1) is 13.1. The van der Waals surface area contributed by atoms with Gasteiger partial charge in [-0.3, -0.25) is 0 Å². The Hall–Kier alpha value is -1.36. The maximum Gasteiger partial charge on any atom is 0.131 e. The topological polar surface area (TPSA) is 43.8 Å². The molecule has 0 radical (unpaired) electrons. The molecule has 0 saturated heterocycles. The third-order valence-corrected chi connectivity index (χ3v) is 3.52. The van der Waals surface area contributed by atoms with Gasteiger partial charge in [-0.25, -0.2) is 9.37 Å². The van der Waals surface area contributed by atoms with Gasteiger partial charge in [-0.1, -0.05) is 22.9 Å². The highest BCUT2D eigenvalue weighted by molar-refractivity contribution is 9.10. The summed E-state index contributed by atoms with van der Waals surface area (Å²) in [6.45, 7) is 4.80. The van der Waals surface area contributed by atoms with E-state index < -0.39 is 0 Å². The van der Waals surface area contributed by atoms with Crippen LogP contribution in [0.4, 0.5) is 10.2 Å². The number of aromatic nitrogens is 2. The van der Waals surface area contributed by atoms with Crippen molar-refractivity contribution in [1.82, 2.24) is 9.55 Å². The van der Waals surface area contributed by atoms with Gasteiger partial charge in [0, 0.05) is 16.6 Å². The minimum absolute atomic E-state index is 0.296. The molecular formula is C13H15BrFN3. The molecule has 0 amide bonds. The molecule has 0 spiro atoms. The summed E-state index contributed by atoms with van der Waals surface area (Å²) in [6.07, 6.45) is 0.977. The minimum atomic E-state index is -0.296. The standard InChI is InChI=1S/C13H15BrFN3/c1-3-6-18-8(2)17-12(13(18)16)10-7-9(15)4-5-11(10)14/h4-5,7H,3,6,16H2,1-2H3. The van der Waals surface area contributed by atoms with Crippen LogP contribution in [0.2, 0.25) is 0 Å². The second-order valence-corrected chi connectivity index (χ2v) is 5.02. The van der Waals surface area contributed by atoms with Gasteiger partial charge in [0.1, 0.15) is 23.2 Å². The molecule has 18 heavy (non-hydrogen) atoms. The molecule has 1 heterocycles. The number of hydrogen-bond donors (Lipinski definition) is 1. The van der Waals surface area contributed by atoms with Gasteiger partial charge < -0.3 is 10.3 Å². The van der Waals surface area contributed by atoms with Crippen molar-refractivity contribution in [3.63, 3.8) is 0 Å². The van der Waals surface area contributed by atoms with Crippen molar-refractivity contribution in [2.45, 2.75) is 26.8 Å². The predicted octanol–water partition coefficient (Wildman–Crippen LogP) is 3.75. The lowest BCUT2D eigenvalue weighted by atomic mass is 10.1. The van der Waals surface area contributed by atoms with Crippen molar-refractivity contribution in [3.05, 3.63) is 34.3 Å². The quantitative estimate of drug-likeness (QED) is 0.938. The Bertz CT molecular complexity index is 578. The van der Waals surface area contributed by atoms with E-state index >= 15 is 0 Å². The number of hydrogen-bond acceptors (Lipinski definition) is 2. The number of nitrogens with zero attached hydrogens (tertiary/aromatic N) is 2. The molecule has 2 rings (SSSR count). The molecule has 0 saturated carbocycles. The van der Waals surface area contributed by atoms with Crippen LogP contribution in [0.5, 0.6) is 0 Å². The Kier molecular flexibility index (Phi) is 3.71. The van der Waals surface area contributed by atoms with Gasteiger partial charge in [-0.2, -0.15) is 0 Å². The second kappa shape index (κ2) is 5.10. The Labute approximate surface area is 114 Å². The van der Waals surface area contributed by atoms with E-state index in [1.807, 2.05) is 11.5 Å². The molecule has 1 aromatic heterocycles. The summed E-state index contributed by atoms with van der Waals surface area (Å²) in [6, 6.07) is 4.51. The van der Waals surface area contributed by atoms with E-state index in [0.717, 1.165) is 23.3 Å². The predicted molar refractivity (Wildman–Crippen MR) is 74.8 cm³/mol. The van der Waals surface area contributed by atoms with Crippen LogP contribution in [0, 0.1) is 12.7 Å². The molecule has 0 atom stereocenters. The highest BCUT2D eigenvalue weighted by atomic mass is 79.9. The zero-order chi connectivity index (χ0) is 13.3. The lowest BCUT2D eigenvalue weighted by molar-refractivity contribution is 0.628. The molecule has 5 heteroatoms. The van der Waals surface area contributed by atoms with Crippen LogP contribution in [0.15, 0.2) is 22.7 Å². The van der Waals surface area contributed by atoms with Gasteiger partial charge in [0.25, 0.3) is 0 Å². The van der Waals surface area contributed by atoms with E-state index in [9.17, 15) is 4.39 Å². The number of halogens is 2. The maximum absolute atomic E-state index is 13.3. The normalized spacial score (nSPS) is 10.9. The Morgan fingerprint density at radius 3 is 2.83 bits per heavy atom. The summed E-state index contributed by atoms with van der Waals surface area (Å²) < 4.78 is 16.1. The molecule has 0 aliphatic rings. The largest absolute Gasteiger partial charge is 0.383 e. The molecule has 96 valence electrons. The summed E-state index contributed by atoms with van der Waals surface area (Å²) in [5.74, 6) is 1.14. The van der Waals surface area contributed by atoms with Crippen molar-refractivity contribution in [1.29, 1.82) is 0 Å². The summed E-state index contributed by atoms with van der Waals surface area (Å²) >= 11 is 3.40. The molecule has 3 nitrogen and oxygen atoms in total. The molecule has 0 bridgehead atoms. The lowest BCUT2D eigenvalue weighted by Gasteiger charge is -2.06. The molecule has 2 aromatic rings. The third kappa shape index (κ3) is 2.27. The summed E-state index contributed by atoms with van der Waals surface area (Å²) in [5, 5.41) is 0. The van der Waals surface area contributed by atoms with Crippen LogP contribution in [0.25, 0.3) is 11.3 Å². The Morgan fingerprint density at radius 1 is 1.44 bits per heavy atom. The monoisotopic (exact) mass is 311 g/mol. The number of nitrogen functional groups attached to an aromatic ring is 1. The van der Waals surface area contributed by atoms with Crippen LogP contribution < -0.4 is 5.73 Å². The average molecular weight is 312 g/mol. The van der Waals surface area contributed by atoms with Crippen molar-refractivity contribution in [3.8, 4) is 11.3 Å². The number of imidazole rings is 1. The van der Waals surface area contributed by atoms with Crippen molar-refractivity contribution in [2.75, 3.05) is 5.73 Å². The molecular weight excluding hydrogens is 297 g/mol. The van der Waals surface area contributed by atoms with Crippen LogP contribution in [0.3, 0.4) is 0 Å². The number of aryl methyl sites for hydroxylation is 1. The van der Waals surface area contributed by atoms with E-state index in [2.05, 4.69) is 27.8 Å². The van der Waals surface area contributed by atoms with E-state index in [0.29, 0.717) is 17.1 Å². The molecule has 0 fully saturated rings. The van der Waals surface area contributed by atoms with Crippen molar-refractivity contribution < 1.29 is 4.39 Å². The van der Waals surface area contributed by atoms with Gasteiger partial charge in [0.05, 0.1) is 0 Å². The SMILES string of the molecule is CCCn1c(C)nc(-c2cc(F)ccc2Br)c1N. The summed E-state index contributed by atoms with van der Waals surface area (Å²) in [5.41, 5.74) is 7.42. The number of rotatable bonds is 3. The first-order valence-electron chi connectivity index (χ1n) is 5.82. The Morgan fingerprint density at radius 2 is 2.17 bits per heavy atom. The summed E-state index contributed by atoms with van der Waals surface area (Å²) in [4.78, 5) is 4.44. The number of nitrogens with two attached hydrogens (primary N) is 1. The fourth-order valence-corrected chi connectivity index (χ4v) is 2.40. The molecule has 0 unspecified atom stereocenters. The van der Waals surface area contributed by atoms with Gasteiger partial charge in [0.2, 0.25) is 0 Å². The third-order valence-electron chi connectivity index (χ3n) is 2.83. The van der Waals surface area contributed by atoms with Crippen LogP contribution >= 0.6 is 15.9 Å². The van der Waals surface area contributed by atoms with Gasteiger partial charge in [0.15, 0.2) is 0 Å². The van der Waals surface area contributed by atoms with Gasteiger partial charge in [-0.15, -0.1) is 0 Å². The molecule has 1 aromatic carbocycles. The fourth-order valence-electron chi connectivity index (χ4n) is 1.96. The van der Waals surface area contributed by atoms with E-state index in [1.165, 1.54) is 12.1 Å². The van der Waals surface area contributed by atoms with Gasteiger partial charge >= 0.3 is 0 Å². The maximum atomic E-state index is 13.3. The number of anilines is 1. The fraction of sp³-hybridized carbons (Fsp3) is 0.308. The number of benzene rings is 1. The zero-order valence-corrected chi connectivity index (χ0v) is 12.0. The first-order chi connectivity index (χ1) is 8.54. The van der Waals surface area contributed by atoms with Crippen molar-refractivity contribution >= 4 is 21.7 Å². The second-order valence-electron chi connectivity index (χ2n) is 4.17. The smallest absolute Gasteiger partial charge is 0.131 e. The van der Waals surface area contributed by atoms with Crippen molar-refractivity contribution in [2.24, 2.45) is 0 Å². The zero-order valence-electron chi connectivity index (χ0n) is 10.4. The first-order valence-corrected chi connectivity index (χ1v) is 6.62. The van der Waals surface area contributed by atoms with Crippen LogP contribution in [0.1, 0.15) is 19.2 Å². The van der Waals surface area contributed by atoms with E-state index in [1.54, 1.807) is 6.07 Å². The van der Waals surface area contributed by atoms with Crippen LogP contribution in [-0.4, -0.2) is 9.55 Å². The lowest BCUT2D eigenvalue weighted by Crippen LogP contribution is -2.04. The molecule has 0 aliphatic carbocycles. The highest BCUT2D eigenvalue weighted by Crippen LogP contribution is 2.32. The minimum Gasteiger partial charge on any atom is -0.383 e. The van der Waals surface area contributed by atoms with E-state index in [-0.39, 0.29) is 5.82 Å². The van der Waals surface area contributed by atoms with Crippen LogP contribution in [-0.2, 0) is 6.54 Å². The highest BCUT2D eigenvalue weighted by Gasteiger charge is 2.15. The van der Waals surface area contributed by atoms with E-state index in [4.69, 9.17) is 5.73 Å². The molecule has 0 aliphatic heterocycles. The Balaban J connectivity index is 2.57. The van der Waals surface area contributed by atoms with Gasteiger partial charge in [-0.05, 0) is 31.5 Å². The molecule has 2 N–H and O–H groups in total.